The van der Waals surface area contributed by atoms with Crippen LogP contribution in [0.2, 0.25) is 0 Å². The second-order valence-corrected chi connectivity index (χ2v) is 4.80. The Morgan fingerprint density at radius 2 is 2.00 bits per heavy atom. The van der Waals surface area contributed by atoms with Crippen molar-refractivity contribution < 1.29 is 4.79 Å². The molecule has 2 amide bonds. The molecule has 0 bridgehead atoms. The molecular formula is C10H20N2O. The number of likely N-dealkylation sites (tertiary alicyclic amines) is 1. The number of hydrogen-bond donors (Lipinski definition) is 1. The van der Waals surface area contributed by atoms with E-state index < -0.39 is 0 Å². The maximum absolute atomic E-state index is 11.3. The molecule has 0 saturated carbocycles. The van der Waals surface area contributed by atoms with E-state index in [0.717, 1.165) is 19.6 Å². The van der Waals surface area contributed by atoms with Crippen LogP contribution in [0.15, 0.2) is 0 Å². The van der Waals surface area contributed by atoms with Crippen LogP contribution in [0, 0.1) is 11.3 Å². The highest BCUT2D eigenvalue weighted by Crippen LogP contribution is 2.33. The third-order valence-corrected chi connectivity index (χ3v) is 2.72. The molecule has 13 heavy (non-hydrogen) atoms. The van der Waals surface area contributed by atoms with Crippen LogP contribution in [-0.4, -0.2) is 30.6 Å². The second kappa shape index (κ2) is 3.56. The van der Waals surface area contributed by atoms with Crippen LogP contribution in [0.5, 0.6) is 0 Å². The summed E-state index contributed by atoms with van der Waals surface area (Å²) in [6.45, 7) is 11.2. The van der Waals surface area contributed by atoms with E-state index in [9.17, 15) is 4.79 Å². The molecule has 0 aromatic carbocycles. The number of rotatable bonds is 1. The lowest BCUT2D eigenvalue weighted by molar-refractivity contribution is 0.0520. The maximum atomic E-state index is 11.3. The van der Waals surface area contributed by atoms with E-state index in [1.54, 1.807) is 0 Å². The Labute approximate surface area is 80.5 Å². The molecule has 1 rings (SSSR count). The Balaban J connectivity index is 2.29. The first-order chi connectivity index (χ1) is 5.95. The lowest BCUT2D eigenvalue weighted by Crippen LogP contribution is -2.57. The first-order valence-electron chi connectivity index (χ1n) is 4.98. The van der Waals surface area contributed by atoms with E-state index in [4.69, 9.17) is 0 Å². The summed E-state index contributed by atoms with van der Waals surface area (Å²) in [6, 6.07) is 0.0861. The van der Waals surface area contributed by atoms with Gasteiger partial charge in [-0.05, 0) is 18.3 Å². The van der Waals surface area contributed by atoms with Crippen molar-refractivity contribution in [3.8, 4) is 0 Å². The highest BCUT2D eigenvalue weighted by Gasteiger charge is 2.37. The van der Waals surface area contributed by atoms with Crippen molar-refractivity contribution in [2.45, 2.75) is 27.7 Å². The first-order valence-corrected chi connectivity index (χ1v) is 4.98. The third-order valence-electron chi connectivity index (χ3n) is 2.72. The Bertz CT molecular complexity index is 190. The minimum Gasteiger partial charge on any atom is -0.338 e. The van der Waals surface area contributed by atoms with Gasteiger partial charge in [0.05, 0.1) is 0 Å². The normalized spacial score (nSPS) is 18.3. The summed E-state index contributed by atoms with van der Waals surface area (Å²) < 4.78 is 0. The molecule has 0 radical (unpaired) electrons. The number of urea groups is 1. The zero-order valence-corrected chi connectivity index (χ0v) is 9.05. The van der Waals surface area contributed by atoms with Gasteiger partial charge in [0.15, 0.2) is 0 Å². The third kappa shape index (κ3) is 2.36. The van der Waals surface area contributed by atoms with E-state index in [1.165, 1.54) is 0 Å². The first kappa shape index (κ1) is 10.4. The molecule has 1 aliphatic heterocycles. The van der Waals surface area contributed by atoms with Gasteiger partial charge < -0.3 is 10.2 Å². The maximum Gasteiger partial charge on any atom is 0.317 e. The standard InChI is InChI=1S/C10H20N2O/c1-5-11-9(13)12-6-8(7-12)10(2,3)4/h8H,5-7H2,1-4H3,(H,11,13). The van der Waals surface area contributed by atoms with E-state index in [1.807, 2.05) is 11.8 Å². The van der Waals surface area contributed by atoms with E-state index >= 15 is 0 Å². The molecule has 76 valence electrons. The Morgan fingerprint density at radius 3 is 2.38 bits per heavy atom. The van der Waals surface area contributed by atoms with Crippen molar-refractivity contribution in [2.75, 3.05) is 19.6 Å². The smallest absolute Gasteiger partial charge is 0.317 e. The van der Waals surface area contributed by atoms with Gasteiger partial charge in [0, 0.05) is 19.6 Å². The van der Waals surface area contributed by atoms with Crippen molar-refractivity contribution >= 4 is 6.03 Å². The van der Waals surface area contributed by atoms with Crippen molar-refractivity contribution in [3.05, 3.63) is 0 Å². The summed E-state index contributed by atoms with van der Waals surface area (Å²) in [7, 11) is 0. The largest absolute Gasteiger partial charge is 0.338 e. The van der Waals surface area contributed by atoms with Crippen LogP contribution in [0.1, 0.15) is 27.7 Å². The summed E-state index contributed by atoms with van der Waals surface area (Å²) in [4.78, 5) is 13.2. The van der Waals surface area contributed by atoms with Gasteiger partial charge in [-0.3, -0.25) is 0 Å². The Kier molecular flexibility index (Phi) is 2.84. The summed E-state index contributed by atoms with van der Waals surface area (Å²) in [5.41, 5.74) is 0.336. The molecule has 1 fully saturated rings. The van der Waals surface area contributed by atoms with E-state index in [0.29, 0.717) is 11.3 Å². The molecule has 0 spiro atoms. The average molecular weight is 184 g/mol. The van der Waals surface area contributed by atoms with Crippen LogP contribution >= 0.6 is 0 Å². The quantitative estimate of drug-likeness (QED) is 0.661. The number of carbonyl (C=O) groups is 1. The summed E-state index contributed by atoms with van der Waals surface area (Å²) in [5, 5.41) is 2.81. The van der Waals surface area contributed by atoms with Crippen LogP contribution in [0.4, 0.5) is 4.79 Å². The topological polar surface area (TPSA) is 32.3 Å². The SMILES string of the molecule is CCNC(=O)N1CC(C(C)(C)C)C1. The fourth-order valence-corrected chi connectivity index (χ4v) is 1.46. The van der Waals surface area contributed by atoms with Gasteiger partial charge >= 0.3 is 6.03 Å². The molecule has 0 unspecified atom stereocenters. The number of hydrogen-bond acceptors (Lipinski definition) is 1. The number of nitrogens with one attached hydrogen (secondary N) is 1. The molecule has 0 aromatic rings. The van der Waals surface area contributed by atoms with Crippen molar-refractivity contribution in [3.63, 3.8) is 0 Å². The molecule has 1 N–H and O–H groups in total. The minimum atomic E-state index is 0.0861. The molecule has 3 heteroatoms. The molecule has 1 aliphatic rings. The van der Waals surface area contributed by atoms with Crippen LogP contribution < -0.4 is 5.32 Å². The summed E-state index contributed by atoms with van der Waals surface area (Å²) in [5.74, 6) is 0.662. The average Bonchev–Trinajstić information content (AvgIpc) is 1.79. The van der Waals surface area contributed by atoms with Gasteiger partial charge in [0.25, 0.3) is 0 Å². The van der Waals surface area contributed by atoms with Gasteiger partial charge in [-0.1, -0.05) is 20.8 Å². The lowest BCUT2D eigenvalue weighted by atomic mass is 9.76. The number of nitrogens with zero attached hydrogens (tertiary/aromatic N) is 1. The highest BCUT2D eigenvalue weighted by atomic mass is 16.2. The zero-order chi connectivity index (χ0) is 10.1. The van der Waals surface area contributed by atoms with E-state index in [2.05, 4.69) is 26.1 Å². The molecule has 0 aromatic heterocycles. The lowest BCUT2D eigenvalue weighted by Gasteiger charge is -2.46. The van der Waals surface area contributed by atoms with Gasteiger partial charge in [-0.2, -0.15) is 0 Å². The minimum absolute atomic E-state index is 0.0861. The van der Waals surface area contributed by atoms with Crippen LogP contribution in [-0.2, 0) is 0 Å². The fourth-order valence-electron chi connectivity index (χ4n) is 1.46. The highest BCUT2D eigenvalue weighted by molar-refractivity contribution is 5.74. The molecule has 0 atom stereocenters. The Hall–Kier alpha value is -0.730. The fraction of sp³-hybridized carbons (Fsp3) is 0.900. The molecule has 1 saturated heterocycles. The van der Waals surface area contributed by atoms with E-state index in [-0.39, 0.29) is 6.03 Å². The van der Waals surface area contributed by atoms with Crippen LogP contribution in [0.25, 0.3) is 0 Å². The predicted molar refractivity (Wildman–Crippen MR) is 53.6 cm³/mol. The molecular weight excluding hydrogens is 164 g/mol. The summed E-state index contributed by atoms with van der Waals surface area (Å²) >= 11 is 0. The molecule has 3 nitrogen and oxygen atoms in total. The van der Waals surface area contributed by atoms with Gasteiger partial charge in [-0.25, -0.2) is 4.79 Å². The van der Waals surface area contributed by atoms with Crippen LogP contribution in [0.3, 0.4) is 0 Å². The van der Waals surface area contributed by atoms with Crippen molar-refractivity contribution in [1.82, 2.24) is 10.2 Å². The molecule has 1 heterocycles. The molecule has 0 aliphatic carbocycles. The second-order valence-electron chi connectivity index (χ2n) is 4.80. The van der Waals surface area contributed by atoms with Crippen molar-refractivity contribution in [1.29, 1.82) is 0 Å². The number of carbonyl (C=O) groups excluding carboxylic acids is 1. The summed E-state index contributed by atoms with van der Waals surface area (Å²) in [6.07, 6.45) is 0. The van der Waals surface area contributed by atoms with Gasteiger partial charge in [-0.15, -0.1) is 0 Å². The Morgan fingerprint density at radius 1 is 1.46 bits per heavy atom. The van der Waals surface area contributed by atoms with Gasteiger partial charge in [0.2, 0.25) is 0 Å². The monoisotopic (exact) mass is 184 g/mol. The number of amides is 2. The zero-order valence-electron chi connectivity index (χ0n) is 9.05. The van der Waals surface area contributed by atoms with Gasteiger partial charge in [0.1, 0.15) is 0 Å². The van der Waals surface area contributed by atoms with Crippen molar-refractivity contribution in [2.24, 2.45) is 11.3 Å². The predicted octanol–water partition coefficient (Wildman–Crippen LogP) is 1.69.